The molecule has 114 valence electrons. The molecular formula is C16H23BrN4. The van der Waals surface area contributed by atoms with E-state index in [0.29, 0.717) is 5.92 Å². The first-order valence-corrected chi connectivity index (χ1v) is 8.28. The van der Waals surface area contributed by atoms with Crippen molar-refractivity contribution in [3.8, 4) is 0 Å². The quantitative estimate of drug-likeness (QED) is 0.795. The normalized spacial score (nSPS) is 12.5. The van der Waals surface area contributed by atoms with Gasteiger partial charge in [-0.3, -0.25) is 4.68 Å². The zero-order valence-electron chi connectivity index (χ0n) is 12.7. The number of nitrogens with zero attached hydrogens (tertiary/aromatic N) is 3. The fourth-order valence-electron chi connectivity index (χ4n) is 2.56. The molecule has 1 aromatic heterocycles. The topological polar surface area (TPSA) is 42.7 Å². The third-order valence-corrected chi connectivity index (χ3v) is 4.06. The molecule has 1 unspecified atom stereocenters. The summed E-state index contributed by atoms with van der Waals surface area (Å²) in [5.41, 5.74) is 1.36. The average Bonchev–Trinajstić information content (AvgIpc) is 2.89. The third kappa shape index (κ3) is 4.93. The van der Waals surface area contributed by atoms with Crippen LogP contribution in [0.2, 0.25) is 0 Å². The minimum Gasteiger partial charge on any atom is -0.319 e. The van der Waals surface area contributed by atoms with Crippen LogP contribution in [0.25, 0.3) is 0 Å². The number of hydrogen-bond donors (Lipinski definition) is 1. The molecule has 0 aliphatic rings. The van der Waals surface area contributed by atoms with E-state index in [1.807, 2.05) is 11.7 Å². The Morgan fingerprint density at radius 1 is 1.24 bits per heavy atom. The molecule has 0 aliphatic carbocycles. The Balaban J connectivity index is 2.04. The SMILES string of the molecule is CCCn1ncnc1CC(CNC)Cc1ccc(Br)cc1. The van der Waals surface area contributed by atoms with Gasteiger partial charge in [0.05, 0.1) is 0 Å². The average molecular weight is 351 g/mol. The summed E-state index contributed by atoms with van der Waals surface area (Å²) >= 11 is 3.48. The minimum absolute atomic E-state index is 0.524. The van der Waals surface area contributed by atoms with E-state index in [-0.39, 0.29) is 0 Å². The highest BCUT2D eigenvalue weighted by Crippen LogP contribution is 2.16. The summed E-state index contributed by atoms with van der Waals surface area (Å²) in [6, 6.07) is 8.57. The monoisotopic (exact) mass is 350 g/mol. The maximum absolute atomic E-state index is 4.43. The lowest BCUT2D eigenvalue weighted by Crippen LogP contribution is -2.24. The van der Waals surface area contributed by atoms with Crippen molar-refractivity contribution in [2.24, 2.45) is 5.92 Å². The molecule has 0 saturated carbocycles. The van der Waals surface area contributed by atoms with Crippen LogP contribution < -0.4 is 5.32 Å². The van der Waals surface area contributed by atoms with Crippen LogP contribution in [0.4, 0.5) is 0 Å². The van der Waals surface area contributed by atoms with Gasteiger partial charge in [0.25, 0.3) is 0 Å². The van der Waals surface area contributed by atoms with Crippen molar-refractivity contribution in [3.05, 3.63) is 46.5 Å². The zero-order chi connectivity index (χ0) is 15.1. The largest absolute Gasteiger partial charge is 0.319 e. The standard InChI is InChI=1S/C16H23BrN4/c1-3-8-21-16(19-12-20-21)10-14(11-18-2)9-13-4-6-15(17)7-5-13/h4-7,12,14,18H,3,8-11H2,1-2H3. The Bertz CT molecular complexity index is 535. The molecule has 2 rings (SSSR count). The summed E-state index contributed by atoms with van der Waals surface area (Å²) in [6.07, 6.45) is 4.75. The molecule has 0 fully saturated rings. The number of aryl methyl sites for hydroxylation is 1. The first kappa shape index (κ1) is 16.2. The van der Waals surface area contributed by atoms with Gasteiger partial charge in [-0.25, -0.2) is 4.98 Å². The van der Waals surface area contributed by atoms with Gasteiger partial charge in [-0.2, -0.15) is 5.10 Å². The first-order chi connectivity index (χ1) is 10.2. The van der Waals surface area contributed by atoms with E-state index >= 15 is 0 Å². The van der Waals surface area contributed by atoms with Crippen LogP contribution >= 0.6 is 15.9 Å². The Morgan fingerprint density at radius 2 is 2.00 bits per heavy atom. The summed E-state index contributed by atoms with van der Waals surface area (Å²) in [5.74, 6) is 1.62. The third-order valence-electron chi connectivity index (χ3n) is 3.53. The molecule has 5 heteroatoms. The molecule has 0 bridgehead atoms. The molecule has 21 heavy (non-hydrogen) atoms. The number of halogens is 1. The molecule has 0 amide bonds. The van der Waals surface area contributed by atoms with Crippen molar-refractivity contribution < 1.29 is 0 Å². The van der Waals surface area contributed by atoms with Crippen molar-refractivity contribution in [1.82, 2.24) is 20.1 Å². The highest BCUT2D eigenvalue weighted by atomic mass is 79.9. The van der Waals surface area contributed by atoms with E-state index in [1.165, 1.54) is 5.56 Å². The minimum atomic E-state index is 0.524. The van der Waals surface area contributed by atoms with E-state index in [2.05, 4.69) is 62.5 Å². The lowest BCUT2D eigenvalue weighted by molar-refractivity contribution is 0.458. The van der Waals surface area contributed by atoms with Gasteiger partial charge in [0.15, 0.2) is 0 Å². The Morgan fingerprint density at radius 3 is 2.67 bits per heavy atom. The number of hydrogen-bond acceptors (Lipinski definition) is 3. The van der Waals surface area contributed by atoms with Gasteiger partial charge in [-0.1, -0.05) is 35.0 Å². The van der Waals surface area contributed by atoms with Crippen LogP contribution in [-0.4, -0.2) is 28.4 Å². The second-order valence-corrected chi connectivity index (χ2v) is 6.27. The Labute approximate surface area is 135 Å². The first-order valence-electron chi connectivity index (χ1n) is 7.48. The smallest absolute Gasteiger partial charge is 0.138 e. The van der Waals surface area contributed by atoms with E-state index in [9.17, 15) is 0 Å². The molecule has 1 heterocycles. The predicted octanol–water partition coefficient (Wildman–Crippen LogP) is 3.07. The van der Waals surface area contributed by atoms with Crippen molar-refractivity contribution in [1.29, 1.82) is 0 Å². The van der Waals surface area contributed by atoms with Gasteiger partial charge >= 0.3 is 0 Å². The second kappa shape index (κ2) is 8.29. The van der Waals surface area contributed by atoms with Crippen LogP contribution in [0.3, 0.4) is 0 Å². The molecular weight excluding hydrogens is 328 g/mol. The molecule has 4 nitrogen and oxygen atoms in total. The second-order valence-electron chi connectivity index (χ2n) is 5.36. The number of benzene rings is 1. The Kier molecular flexibility index (Phi) is 6.39. The van der Waals surface area contributed by atoms with Crippen LogP contribution in [0.15, 0.2) is 35.1 Å². The number of rotatable bonds is 8. The van der Waals surface area contributed by atoms with Gasteiger partial charge in [0.1, 0.15) is 12.2 Å². The van der Waals surface area contributed by atoms with Crippen molar-refractivity contribution in [2.45, 2.75) is 32.7 Å². The summed E-state index contributed by atoms with van der Waals surface area (Å²) in [6.45, 7) is 4.09. The summed E-state index contributed by atoms with van der Waals surface area (Å²) in [4.78, 5) is 4.43. The predicted molar refractivity (Wildman–Crippen MR) is 89.3 cm³/mol. The number of nitrogens with one attached hydrogen (secondary N) is 1. The molecule has 0 spiro atoms. The molecule has 0 aliphatic heterocycles. The van der Waals surface area contributed by atoms with Crippen LogP contribution in [0.1, 0.15) is 24.7 Å². The molecule has 1 atom stereocenters. The lowest BCUT2D eigenvalue weighted by Gasteiger charge is -2.17. The van der Waals surface area contributed by atoms with Crippen molar-refractivity contribution in [2.75, 3.05) is 13.6 Å². The van der Waals surface area contributed by atoms with Crippen molar-refractivity contribution in [3.63, 3.8) is 0 Å². The van der Waals surface area contributed by atoms with Crippen LogP contribution in [-0.2, 0) is 19.4 Å². The van der Waals surface area contributed by atoms with Crippen molar-refractivity contribution >= 4 is 15.9 Å². The molecule has 0 radical (unpaired) electrons. The van der Waals surface area contributed by atoms with Gasteiger partial charge in [-0.15, -0.1) is 0 Å². The molecule has 2 aromatic rings. The highest BCUT2D eigenvalue weighted by molar-refractivity contribution is 9.10. The zero-order valence-corrected chi connectivity index (χ0v) is 14.3. The number of aromatic nitrogens is 3. The van der Waals surface area contributed by atoms with Crippen LogP contribution in [0.5, 0.6) is 0 Å². The van der Waals surface area contributed by atoms with Crippen LogP contribution in [0, 0.1) is 5.92 Å². The summed E-state index contributed by atoms with van der Waals surface area (Å²) in [5, 5.41) is 7.61. The highest BCUT2D eigenvalue weighted by Gasteiger charge is 2.14. The van der Waals surface area contributed by atoms with E-state index in [1.54, 1.807) is 6.33 Å². The van der Waals surface area contributed by atoms with E-state index in [0.717, 1.165) is 42.6 Å². The lowest BCUT2D eigenvalue weighted by atomic mass is 9.95. The maximum Gasteiger partial charge on any atom is 0.138 e. The fraction of sp³-hybridized carbons (Fsp3) is 0.500. The maximum atomic E-state index is 4.43. The summed E-state index contributed by atoms with van der Waals surface area (Å²) in [7, 11) is 2.01. The molecule has 1 N–H and O–H groups in total. The van der Waals surface area contributed by atoms with Gasteiger partial charge in [-0.05, 0) is 50.0 Å². The Hall–Kier alpha value is -1.20. The summed E-state index contributed by atoms with van der Waals surface area (Å²) < 4.78 is 3.16. The van der Waals surface area contributed by atoms with Gasteiger partial charge < -0.3 is 5.32 Å². The van der Waals surface area contributed by atoms with Gasteiger partial charge in [0.2, 0.25) is 0 Å². The molecule has 1 aromatic carbocycles. The van der Waals surface area contributed by atoms with Gasteiger partial charge in [0, 0.05) is 17.4 Å². The van der Waals surface area contributed by atoms with E-state index < -0.39 is 0 Å². The molecule has 0 saturated heterocycles. The van der Waals surface area contributed by atoms with E-state index in [4.69, 9.17) is 0 Å². The fourth-order valence-corrected chi connectivity index (χ4v) is 2.83.